The van der Waals surface area contributed by atoms with Gasteiger partial charge in [-0.2, -0.15) is 0 Å². The van der Waals surface area contributed by atoms with Gasteiger partial charge in [-0.15, -0.1) is 12.4 Å². The molecular formula is C15H21ClN2O2. The summed E-state index contributed by atoms with van der Waals surface area (Å²) in [5.74, 6) is 0.208. The first kappa shape index (κ1) is 15.3. The van der Waals surface area contributed by atoms with Crippen LogP contribution in [-0.2, 0) is 16.0 Å². The summed E-state index contributed by atoms with van der Waals surface area (Å²) in [5.41, 5.74) is 2.37. The normalized spacial score (nSPS) is 22.2. The Bertz CT molecular complexity index is 475. The zero-order valence-electron chi connectivity index (χ0n) is 11.7. The number of anilines is 1. The van der Waals surface area contributed by atoms with E-state index in [1.54, 1.807) is 0 Å². The third kappa shape index (κ3) is 2.97. The van der Waals surface area contributed by atoms with Crippen LogP contribution in [0.1, 0.15) is 12.5 Å². The lowest BCUT2D eigenvalue weighted by molar-refractivity contribution is -0.121. The second-order valence-electron chi connectivity index (χ2n) is 5.33. The molecule has 0 aromatic heterocycles. The molecule has 0 radical (unpaired) electrons. The summed E-state index contributed by atoms with van der Waals surface area (Å²) in [6, 6.07) is 8.49. The summed E-state index contributed by atoms with van der Waals surface area (Å²) < 4.78 is 5.32. The predicted octanol–water partition coefficient (Wildman–Crippen LogP) is 1.72. The molecule has 2 aliphatic heterocycles. The van der Waals surface area contributed by atoms with Gasteiger partial charge < -0.3 is 9.64 Å². The third-order valence-electron chi connectivity index (χ3n) is 3.94. The largest absolute Gasteiger partial charge is 0.379 e. The Hall–Kier alpha value is -1.10. The molecule has 0 N–H and O–H groups in total. The maximum Gasteiger partial charge on any atom is 0.241 e. The summed E-state index contributed by atoms with van der Waals surface area (Å²) >= 11 is 0. The Labute approximate surface area is 126 Å². The molecule has 1 aromatic rings. The number of benzene rings is 1. The van der Waals surface area contributed by atoms with E-state index in [2.05, 4.69) is 24.0 Å². The topological polar surface area (TPSA) is 32.8 Å². The van der Waals surface area contributed by atoms with Gasteiger partial charge >= 0.3 is 0 Å². The van der Waals surface area contributed by atoms with E-state index in [9.17, 15) is 4.79 Å². The number of fused-ring (bicyclic) bond motifs is 1. The Balaban J connectivity index is 0.00000147. The van der Waals surface area contributed by atoms with Crippen molar-refractivity contribution >= 4 is 24.0 Å². The highest BCUT2D eigenvalue weighted by molar-refractivity contribution is 5.97. The van der Waals surface area contributed by atoms with E-state index < -0.39 is 0 Å². The van der Waals surface area contributed by atoms with Crippen LogP contribution in [0.2, 0.25) is 0 Å². The predicted molar refractivity (Wildman–Crippen MR) is 81.6 cm³/mol. The van der Waals surface area contributed by atoms with Crippen molar-refractivity contribution in [2.24, 2.45) is 0 Å². The molecule has 20 heavy (non-hydrogen) atoms. The van der Waals surface area contributed by atoms with Crippen LogP contribution in [0.3, 0.4) is 0 Å². The zero-order valence-corrected chi connectivity index (χ0v) is 12.6. The van der Waals surface area contributed by atoms with Gasteiger partial charge in [-0.1, -0.05) is 18.2 Å². The summed E-state index contributed by atoms with van der Waals surface area (Å²) in [4.78, 5) is 16.7. The lowest BCUT2D eigenvalue weighted by Crippen LogP contribution is -2.46. The first-order valence-corrected chi connectivity index (χ1v) is 6.96. The molecule has 110 valence electrons. The number of rotatable bonds is 2. The number of hydrogen-bond donors (Lipinski definition) is 0. The number of amides is 1. The molecular weight excluding hydrogens is 276 g/mol. The van der Waals surface area contributed by atoms with Crippen molar-refractivity contribution in [2.75, 3.05) is 37.7 Å². The Morgan fingerprint density at radius 3 is 2.75 bits per heavy atom. The molecule has 2 aliphatic rings. The second-order valence-corrected chi connectivity index (χ2v) is 5.33. The lowest BCUT2D eigenvalue weighted by Gasteiger charge is -2.29. The van der Waals surface area contributed by atoms with Gasteiger partial charge in [-0.05, 0) is 25.0 Å². The van der Waals surface area contributed by atoms with Gasteiger partial charge in [0, 0.05) is 24.8 Å². The fourth-order valence-corrected chi connectivity index (χ4v) is 2.97. The van der Waals surface area contributed by atoms with E-state index >= 15 is 0 Å². The van der Waals surface area contributed by atoms with Crippen LogP contribution < -0.4 is 4.90 Å². The molecule has 3 rings (SSSR count). The molecule has 0 aliphatic carbocycles. The number of carbonyl (C=O) groups excluding carboxylic acids is 1. The molecule has 1 saturated heterocycles. The molecule has 1 amide bonds. The van der Waals surface area contributed by atoms with Crippen molar-refractivity contribution in [3.63, 3.8) is 0 Å². The second kappa shape index (κ2) is 6.57. The zero-order chi connectivity index (χ0) is 13.2. The minimum Gasteiger partial charge on any atom is -0.379 e. The number of ether oxygens (including phenoxy) is 1. The molecule has 0 bridgehead atoms. The van der Waals surface area contributed by atoms with Crippen molar-refractivity contribution in [1.82, 2.24) is 4.90 Å². The first-order valence-electron chi connectivity index (χ1n) is 6.96. The van der Waals surface area contributed by atoms with Crippen LogP contribution >= 0.6 is 12.4 Å². The molecule has 0 spiro atoms. The maximum absolute atomic E-state index is 12.5. The summed E-state index contributed by atoms with van der Waals surface area (Å²) in [7, 11) is 0. The van der Waals surface area contributed by atoms with E-state index in [1.807, 2.05) is 17.0 Å². The molecule has 5 heteroatoms. The van der Waals surface area contributed by atoms with Gasteiger partial charge in [-0.3, -0.25) is 9.69 Å². The number of para-hydroxylation sites is 1. The fourth-order valence-electron chi connectivity index (χ4n) is 2.97. The number of morpholine rings is 1. The highest BCUT2D eigenvalue weighted by Gasteiger charge is 2.31. The van der Waals surface area contributed by atoms with Gasteiger partial charge in [0.25, 0.3) is 0 Å². The van der Waals surface area contributed by atoms with Gasteiger partial charge in [0.05, 0.1) is 19.8 Å². The van der Waals surface area contributed by atoms with E-state index in [0.29, 0.717) is 6.54 Å². The fraction of sp³-hybridized carbons (Fsp3) is 0.533. The van der Waals surface area contributed by atoms with Crippen LogP contribution in [0.5, 0.6) is 0 Å². The van der Waals surface area contributed by atoms with Gasteiger partial charge in [-0.25, -0.2) is 0 Å². The first-order chi connectivity index (χ1) is 9.25. The molecule has 2 heterocycles. The number of nitrogens with zero attached hydrogens (tertiary/aromatic N) is 2. The highest BCUT2D eigenvalue weighted by Crippen LogP contribution is 2.31. The van der Waals surface area contributed by atoms with E-state index in [4.69, 9.17) is 4.74 Å². The summed E-state index contributed by atoms with van der Waals surface area (Å²) in [6.07, 6.45) is 0.963. The van der Waals surface area contributed by atoms with Gasteiger partial charge in [0.2, 0.25) is 5.91 Å². The molecule has 1 fully saturated rings. The van der Waals surface area contributed by atoms with Crippen LogP contribution in [0, 0.1) is 0 Å². The Kier molecular flexibility index (Phi) is 5.02. The molecule has 0 saturated carbocycles. The van der Waals surface area contributed by atoms with E-state index in [1.165, 1.54) is 5.56 Å². The van der Waals surface area contributed by atoms with Gasteiger partial charge in [0.1, 0.15) is 0 Å². The minimum atomic E-state index is 0. The molecule has 1 unspecified atom stereocenters. The lowest BCUT2D eigenvalue weighted by atomic mass is 10.1. The van der Waals surface area contributed by atoms with Crippen molar-refractivity contribution < 1.29 is 9.53 Å². The molecule has 4 nitrogen and oxygen atoms in total. The standard InChI is InChI=1S/C15H20N2O2.ClH/c1-12-10-13-4-2-3-5-14(13)17(12)15(18)11-16-6-8-19-9-7-16;/h2-5,12H,6-11H2,1H3;1H. The van der Waals surface area contributed by atoms with Gasteiger partial charge in [0.15, 0.2) is 0 Å². The monoisotopic (exact) mass is 296 g/mol. The average Bonchev–Trinajstić information content (AvgIpc) is 2.75. The van der Waals surface area contributed by atoms with Crippen molar-refractivity contribution in [3.8, 4) is 0 Å². The van der Waals surface area contributed by atoms with E-state index in [-0.39, 0.29) is 24.4 Å². The minimum absolute atomic E-state index is 0. The summed E-state index contributed by atoms with van der Waals surface area (Å²) in [6.45, 7) is 5.81. The number of hydrogen-bond acceptors (Lipinski definition) is 3. The van der Waals surface area contributed by atoms with E-state index in [0.717, 1.165) is 38.4 Å². The molecule has 1 atom stereocenters. The van der Waals surface area contributed by atoms with Crippen LogP contribution in [0.25, 0.3) is 0 Å². The number of halogens is 1. The summed E-state index contributed by atoms with van der Waals surface area (Å²) in [5, 5.41) is 0. The Morgan fingerprint density at radius 1 is 1.30 bits per heavy atom. The third-order valence-corrected chi connectivity index (χ3v) is 3.94. The average molecular weight is 297 g/mol. The van der Waals surface area contributed by atoms with Crippen LogP contribution in [-0.4, -0.2) is 49.7 Å². The smallest absolute Gasteiger partial charge is 0.241 e. The van der Waals surface area contributed by atoms with Crippen molar-refractivity contribution in [1.29, 1.82) is 0 Å². The van der Waals surface area contributed by atoms with Crippen LogP contribution in [0.15, 0.2) is 24.3 Å². The Morgan fingerprint density at radius 2 is 2.00 bits per heavy atom. The van der Waals surface area contributed by atoms with Crippen molar-refractivity contribution in [2.45, 2.75) is 19.4 Å². The molecule has 1 aromatic carbocycles. The van der Waals surface area contributed by atoms with Crippen molar-refractivity contribution in [3.05, 3.63) is 29.8 Å². The maximum atomic E-state index is 12.5. The number of carbonyl (C=O) groups is 1. The van der Waals surface area contributed by atoms with Crippen LogP contribution in [0.4, 0.5) is 5.69 Å². The highest BCUT2D eigenvalue weighted by atomic mass is 35.5. The quantitative estimate of drug-likeness (QED) is 0.833. The SMILES string of the molecule is CC1Cc2ccccc2N1C(=O)CN1CCOCC1.Cl.